The molecule has 1 fully saturated rings. The smallest absolute Gasteiger partial charge is 0.231 e. The maximum Gasteiger partial charge on any atom is 0.231 e. The largest absolute Gasteiger partial charge is 0.468 e. The number of nitrogens with one attached hydrogen (secondary N) is 2. The quantitative estimate of drug-likeness (QED) is 0.589. The number of piperidine rings is 1. The van der Waals surface area contributed by atoms with Gasteiger partial charge in [0, 0.05) is 20.1 Å². The van der Waals surface area contributed by atoms with Crippen molar-refractivity contribution < 1.29 is 13.9 Å². The lowest BCUT2D eigenvalue weighted by molar-refractivity contribution is 0.146. The Labute approximate surface area is 165 Å². The van der Waals surface area contributed by atoms with E-state index in [4.69, 9.17) is 13.9 Å². The first-order valence-corrected chi connectivity index (χ1v) is 9.94. The monoisotopic (exact) mass is 384 g/mol. The van der Waals surface area contributed by atoms with Gasteiger partial charge in [0.05, 0.1) is 12.3 Å². The SMILES string of the molecule is CN=C(NCc1ccc2c(c1)OCO2)NCC(c1ccco1)N1CCCCC1. The molecule has 0 bridgehead atoms. The molecule has 1 atom stereocenters. The van der Waals surface area contributed by atoms with E-state index in [0.717, 1.165) is 48.4 Å². The molecule has 0 saturated carbocycles. The highest BCUT2D eigenvalue weighted by atomic mass is 16.7. The molecule has 2 aliphatic rings. The van der Waals surface area contributed by atoms with Gasteiger partial charge < -0.3 is 24.5 Å². The second-order valence-corrected chi connectivity index (χ2v) is 7.12. The van der Waals surface area contributed by atoms with E-state index >= 15 is 0 Å². The number of nitrogens with zero attached hydrogens (tertiary/aromatic N) is 2. The van der Waals surface area contributed by atoms with Gasteiger partial charge in [0.2, 0.25) is 6.79 Å². The van der Waals surface area contributed by atoms with Crippen LogP contribution < -0.4 is 20.1 Å². The molecule has 4 rings (SSSR count). The van der Waals surface area contributed by atoms with Gasteiger partial charge >= 0.3 is 0 Å². The van der Waals surface area contributed by atoms with Gasteiger partial charge in [-0.05, 0) is 55.8 Å². The van der Waals surface area contributed by atoms with Crippen LogP contribution >= 0.6 is 0 Å². The number of rotatable bonds is 6. The second-order valence-electron chi connectivity index (χ2n) is 7.12. The van der Waals surface area contributed by atoms with Crippen molar-refractivity contribution >= 4 is 5.96 Å². The lowest BCUT2D eigenvalue weighted by Gasteiger charge is -2.33. The zero-order valence-corrected chi connectivity index (χ0v) is 16.3. The Morgan fingerprint density at radius 2 is 1.96 bits per heavy atom. The van der Waals surface area contributed by atoms with Crippen molar-refractivity contribution in [2.24, 2.45) is 4.99 Å². The average molecular weight is 384 g/mol. The van der Waals surface area contributed by atoms with E-state index < -0.39 is 0 Å². The van der Waals surface area contributed by atoms with Gasteiger partial charge in [0.1, 0.15) is 5.76 Å². The molecule has 150 valence electrons. The summed E-state index contributed by atoms with van der Waals surface area (Å²) < 4.78 is 16.5. The van der Waals surface area contributed by atoms with Crippen LogP contribution in [0, 0.1) is 0 Å². The molecule has 0 aliphatic carbocycles. The number of fused-ring (bicyclic) bond motifs is 1. The summed E-state index contributed by atoms with van der Waals surface area (Å²) in [5, 5.41) is 6.83. The minimum Gasteiger partial charge on any atom is -0.468 e. The fraction of sp³-hybridized carbons (Fsp3) is 0.476. The predicted molar refractivity (Wildman–Crippen MR) is 108 cm³/mol. The molecule has 1 saturated heterocycles. The Morgan fingerprint density at radius 3 is 2.75 bits per heavy atom. The van der Waals surface area contributed by atoms with E-state index in [1.165, 1.54) is 19.3 Å². The summed E-state index contributed by atoms with van der Waals surface area (Å²) in [6.07, 6.45) is 5.55. The van der Waals surface area contributed by atoms with Crippen LogP contribution in [0.3, 0.4) is 0 Å². The van der Waals surface area contributed by atoms with E-state index in [-0.39, 0.29) is 6.04 Å². The van der Waals surface area contributed by atoms with Gasteiger partial charge in [0.15, 0.2) is 17.5 Å². The van der Waals surface area contributed by atoms with Crippen molar-refractivity contribution in [1.29, 1.82) is 0 Å². The number of aliphatic imine (C=N–C) groups is 1. The summed E-state index contributed by atoms with van der Waals surface area (Å²) in [6.45, 7) is 3.91. The first-order chi connectivity index (χ1) is 13.8. The van der Waals surface area contributed by atoms with Gasteiger partial charge in [-0.3, -0.25) is 9.89 Å². The normalized spacial score (nSPS) is 18.1. The molecule has 3 heterocycles. The summed E-state index contributed by atoms with van der Waals surface area (Å²) in [5.41, 5.74) is 1.12. The third-order valence-corrected chi connectivity index (χ3v) is 5.29. The number of hydrogen-bond acceptors (Lipinski definition) is 5. The highest BCUT2D eigenvalue weighted by Gasteiger charge is 2.24. The summed E-state index contributed by atoms with van der Waals surface area (Å²) in [6, 6.07) is 10.2. The average Bonchev–Trinajstić information content (AvgIpc) is 3.43. The van der Waals surface area contributed by atoms with Gasteiger partial charge in [0.25, 0.3) is 0 Å². The molecule has 1 aromatic carbocycles. The highest BCUT2D eigenvalue weighted by Crippen LogP contribution is 2.32. The molecule has 0 amide bonds. The Morgan fingerprint density at radius 1 is 1.11 bits per heavy atom. The second kappa shape index (κ2) is 9.01. The summed E-state index contributed by atoms with van der Waals surface area (Å²) in [4.78, 5) is 6.86. The predicted octanol–water partition coefficient (Wildman–Crippen LogP) is 2.90. The molecule has 0 radical (unpaired) electrons. The minimum absolute atomic E-state index is 0.208. The Hall–Kier alpha value is -2.67. The molecule has 7 heteroatoms. The number of furan rings is 1. The van der Waals surface area contributed by atoms with Crippen molar-refractivity contribution in [3.8, 4) is 11.5 Å². The molecule has 2 aromatic rings. The Balaban J connectivity index is 1.34. The fourth-order valence-corrected chi connectivity index (χ4v) is 3.77. The van der Waals surface area contributed by atoms with Crippen molar-refractivity contribution in [3.63, 3.8) is 0 Å². The molecule has 0 spiro atoms. The number of ether oxygens (including phenoxy) is 2. The highest BCUT2D eigenvalue weighted by molar-refractivity contribution is 5.79. The Bertz CT molecular complexity index is 785. The van der Waals surface area contributed by atoms with Crippen molar-refractivity contribution in [1.82, 2.24) is 15.5 Å². The molecule has 2 aliphatic heterocycles. The third kappa shape index (κ3) is 4.42. The molecule has 1 aromatic heterocycles. The lowest BCUT2D eigenvalue weighted by Crippen LogP contribution is -2.44. The van der Waals surface area contributed by atoms with Crippen LogP contribution in [0.5, 0.6) is 11.5 Å². The standard InChI is InChI=1S/C21H28N4O3/c1-22-21(23-13-16-7-8-19-20(12-16)28-15-27-19)24-14-17(18-6-5-11-26-18)25-9-3-2-4-10-25/h5-8,11-12,17H,2-4,9-10,13-15H2,1H3,(H2,22,23,24). The van der Waals surface area contributed by atoms with E-state index in [0.29, 0.717) is 13.3 Å². The van der Waals surface area contributed by atoms with E-state index in [2.05, 4.69) is 26.6 Å². The minimum atomic E-state index is 0.208. The van der Waals surface area contributed by atoms with Crippen LogP contribution in [0.25, 0.3) is 0 Å². The molecule has 28 heavy (non-hydrogen) atoms. The third-order valence-electron chi connectivity index (χ3n) is 5.29. The maximum absolute atomic E-state index is 5.72. The maximum atomic E-state index is 5.72. The van der Waals surface area contributed by atoms with E-state index in [9.17, 15) is 0 Å². The number of hydrogen-bond donors (Lipinski definition) is 2. The summed E-state index contributed by atoms with van der Waals surface area (Å²) in [5.74, 6) is 3.37. The van der Waals surface area contributed by atoms with Crippen LogP contribution in [-0.4, -0.2) is 44.3 Å². The molecule has 1 unspecified atom stereocenters. The number of benzene rings is 1. The summed E-state index contributed by atoms with van der Waals surface area (Å²) >= 11 is 0. The van der Waals surface area contributed by atoms with Crippen molar-refractivity contribution in [3.05, 3.63) is 47.9 Å². The molecule has 7 nitrogen and oxygen atoms in total. The lowest BCUT2D eigenvalue weighted by atomic mass is 10.1. The summed E-state index contributed by atoms with van der Waals surface area (Å²) in [7, 11) is 1.79. The first kappa shape index (κ1) is 18.7. The van der Waals surface area contributed by atoms with Crippen LogP contribution in [-0.2, 0) is 6.54 Å². The number of guanidine groups is 1. The molecular weight excluding hydrogens is 356 g/mol. The topological polar surface area (TPSA) is 71.3 Å². The zero-order valence-electron chi connectivity index (χ0n) is 16.3. The molecular formula is C21H28N4O3. The number of likely N-dealkylation sites (tertiary alicyclic amines) is 1. The van der Waals surface area contributed by atoms with Crippen molar-refractivity contribution in [2.75, 3.05) is 33.5 Å². The van der Waals surface area contributed by atoms with E-state index in [1.807, 2.05) is 24.3 Å². The van der Waals surface area contributed by atoms with Gasteiger partial charge in [-0.25, -0.2) is 0 Å². The van der Waals surface area contributed by atoms with Crippen LogP contribution in [0.1, 0.15) is 36.6 Å². The molecule has 2 N–H and O–H groups in total. The van der Waals surface area contributed by atoms with Gasteiger partial charge in [-0.15, -0.1) is 0 Å². The first-order valence-electron chi connectivity index (χ1n) is 9.94. The van der Waals surface area contributed by atoms with Crippen LogP contribution in [0.2, 0.25) is 0 Å². The van der Waals surface area contributed by atoms with Crippen LogP contribution in [0.15, 0.2) is 46.0 Å². The van der Waals surface area contributed by atoms with E-state index in [1.54, 1.807) is 13.3 Å². The fourth-order valence-electron chi connectivity index (χ4n) is 3.77. The Kier molecular flexibility index (Phi) is 6.01. The van der Waals surface area contributed by atoms with Crippen LogP contribution in [0.4, 0.5) is 0 Å². The van der Waals surface area contributed by atoms with Gasteiger partial charge in [-0.2, -0.15) is 0 Å². The van der Waals surface area contributed by atoms with Gasteiger partial charge in [-0.1, -0.05) is 12.5 Å². The van der Waals surface area contributed by atoms with Crippen molar-refractivity contribution in [2.45, 2.75) is 31.8 Å². The zero-order chi connectivity index (χ0) is 19.2.